The third-order valence-electron chi connectivity index (χ3n) is 2.86. The fourth-order valence-electron chi connectivity index (χ4n) is 2.00. The molecule has 0 spiro atoms. The minimum Gasteiger partial charge on any atom is -0.466 e. The second-order valence-corrected chi connectivity index (χ2v) is 4.84. The molecule has 0 bridgehead atoms. The van der Waals surface area contributed by atoms with E-state index in [1.807, 2.05) is 31.2 Å². The van der Waals surface area contributed by atoms with E-state index in [0.717, 1.165) is 29.8 Å². The van der Waals surface area contributed by atoms with Crippen LogP contribution in [0.1, 0.15) is 51.0 Å². The lowest BCUT2D eigenvalue weighted by Crippen LogP contribution is -2.11. The topological polar surface area (TPSA) is 26.3 Å². The number of hydrogen-bond acceptors (Lipinski definition) is 2. The number of ether oxygens (including phenoxy) is 1. The van der Waals surface area contributed by atoms with E-state index in [1.54, 1.807) is 0 Å². The van der Waals surface area contributed by atoms with Gasteiger partial charge in [0.2, 0.25) is 0 Å². The van der Waals surface area contributed by atoms with Crippen LogP contribution in [0, 0.1) is 0 Å². The summed E-state index contributed by atoms with van der Waals surface area (Å²) in [6, 6.07) is 7.73. The van der Waals surface area contributed by atoms with Crippen LogP contribution in [-0.2, 0) is 9.53 Å². The van der Waals surface area contributed by atoms with Gasteiger partial charge in [-0.1, -0.05) is 50.1 Å². The van der Waals surface area contributed by atoms with Gasteiger partial charge in [-0.3, -0.25) is 4.79 Å². The Morgan fingerprint density at radius 2 is 2.00 bits per heavy atom. The fourth-order valence-corrected chi connectivity index (χ4v) is 2.29. The molecule has 0 saturated heterocycles. The Balaban J connectivity index is 2.71. The number of carbonyl (C=O) groups excluding carboxylic acids is 1. The molecule has 3 heteroatoms. The lowest BCUT2D eigenvalue weighted by molar-refractivity contribution is -0.144. The van der Waals surface area contributed by atoms with Crippen molar-refractivity contribution in [3.8, 4) is 0 Å². The molecule has 100 valence electrons. The van der Waals surface area contributed by atoms with Crippen LogP contribution in [0.25, 0.3) is 0 Å². The number of hydrogen-bond donors (Lipinski definition) is 0. The predicted octanol–water partition coefficient (Wildman–Crippen LogP) is 4.57. The number of carbonyl (C=O) groups is 1. The molecule has 0 N–H and O–H groups in total. The van der Waals surface area contributed by atoms with Crippen LogP contribution in [0.15, 0.2) is 24.3 Å². The number of esters is 1. The van der Waals surface area contributed by atoms with Gasteiger partial charge in [-0.2, -0.15) is 0 Å². The molecule has 0 fully saturated rings. The Morgan fingerprint density at radius 1 is 1.28 bits per heavy atom. The van der Waals surface area contributed by atoms with Crippen LogP contribution in [-0.4, -0.2) is 12.6 Å². The van der Waals surface area contributed by atoms with Crippen molar-refractivity contribution >= 4 is 17.6 Å². The van der Waals surface area contributed by atoms with E-state index in [1.165, 1.54) is 0 Å². The molecule has 1 unspecified atom stereocenters. The smallest absolute Gasteiger partial charge is 0.306 e. The zero-order valence-corrected chi connectivity index (χ0v) is 11.9. The molecule has 0 radical (unpaired) electrons. The molecule has 0 heterocycles. The Hall–Kier alpha value is -1.02. The van der Waals surface area contributed by atoms with Crippen LogP contribution in [0.4, 0.5) is 0 Å². The Bertz CT molecular complexity index is 377. The summed E-state index contributed by atoms with van der Waals surface area (Å²) in [7, 11) is 0. The number of rotatable bonds is 7. The predicted molar refractivity (Wildman–Crippen MR) is 75.0 cm³/mol. The summed E-state index contributed by atoms with van der Waals surface area (Å²) < 4.78 is 5.15. The van der Waals surface area contributed by atoms with Crippen molar-refractivity contribution in [3.63, 3.8) is 0 Å². The second kappa shape index (κ2) is 8.15. The van der Waals surface area contributed by atoms with E-state index in [-0.39, 0.29) is 11.9 Å². The maximum Gasteiger partial charge on any atom is 0.306 e. The van der Waals surface area contributed by atoms with Gasteiger partial charge in [-0.15, -0.1) is 0 Å². The van der Waals surface area contributed by atoms with Gasteiger partial charge in [0.15, 0.2) is 0 Å². The van der Waals surface area contributed by atoms with Gasteiger partial charge in [0, 0.05) is 5.02 Å². The van der Waals surface area contributed by atoms with Crippen LogP contribution >= 0.6 is 11.6 Å². The average molecular weight is 269 g/mol. The van der Waals surface area contributed by atoms with Gasteiger partial charge in [-0.25, -0.2) is 0 Å². The van der Waals surface area contributed by atoms with E-state index in [9.17, 15) is 4.79 Å². The molecule has 0 aliphatic heterocycles. The summed E-state index contributed by atoms with van der Waals surface area (Å²) in [5.74, 6) is 0.0308. The van der Waals surface area contributed by atoms with Crippen molar-refractivity contribution in [2.24, 2.45) is 0 Å². The van der Waals surface area contributed by atoms with Crippen molar-refractivity contribution in [2.45, 2.75) is 45.4 Å². The average Bonchev–Trinajstić information content (AvgIpc) is 2.36. The molecule has 0 saturated carbocycles. The standard InChI is InChI=1S/C15H21ClO2/c1-3-7-12(11-15(17)18-10-4-2)13-8-5-6-9-14(13)16/h5-6,8-9,12H,3-4,7,10-11H2,1-2H3. The summed E-state index contributed by atoms with van der Waals surface area (Å²) in [4.78, 5) is 11.7. The van der Waals surface area contributed by atoms with E-state index < -0.39 is 0 Å². The molecule has 1 aromatic rings. The highest BCUT2D eigenvalue weighted by molar-refractivity contribution is 6.31. The normalized spacial score (nSPS) is 12.2. The number of halogens is 1. The maximum absolute atomic E-state index is 11.7. The van der Waals surface area contributed by atoms with E-state index in [2.05, 4.69) is 6.92 Å². The third kappa shape index (κ3) is 4.69. The van der Waals surface area contributed by atoms with Crippen molar-refractivity contribution in [2.75, 3.05) is 6.61 Å². The van der Waals surface area contributed by atoms with Crippen molar-refractivity contribution in [3.05, 3.63) is 34.9 Å². The Morgan fingerprint density at radius 3 is 2.61 bits per heavy atom. The van der Waals surface area contributed by atoms with E-state index in [0.29, 0.717) is 13.0 Å². The molecule has 0 aliphatic rings. The Kier molecular flexibility index (Phi) is 6.81. The van der Waals surface area contributed by atoms with Gasteiger partial charge in [0.25, 0.3) is 0 Å². The quantitative estimate of drug-likeness (QED) is 0.677. The van der Waals surface area contributed by atoms with Gasteiger partial charge < -0.3 is 4.74 Å². The van der Waals surface area contributed by atoms with Crippen LogP contribution in [0.3, 0.4) is 0 Å². The molecule has 0 aliphatic carbocycles. The fraction of sp³-hybridized carbons (Fsp3) is 0.533. The first-order valence-electron chi connectivity index (χ1n) is 6.59. The zero-order valence-electron chi connectivity index (χ0n) is 11.1. The van der Waals surface area contributed by atoms with Gasteiger partial charge in [0.05, 0.1) is 13.0 Å². The van der Waals surface area contributed by atoms with Crippen LogP contribution < -0.4 is 0 Å². The van der Waals surface area contributed by atoms with Gasteiger partial charge in [0.1, 0.15) is 0 Å². The second-order valence-electron chi connectivity index (χ2n) is 4.43. The highest BCUT2D eigenvalue weighted by atomic mass is 35.5. The van der Waals surface area contributed by atoms with Crippen molar-refractivity contribution < 1.29 is 9.53 Å². The van der Waals surface area contributed by atoms with Gasteiger partial charge >= 0.3 is 5.97 Å². The summed E-state index contributed by atoms with van der Waals surface area (Å²) in [5.41, 5.74) is 1.05. The molecule has 1 rings (SSSR count). The maximum atomic E-state index is 11.7. The summed E-state index contributed by atoms with van der Waals surface area (Å²) in [6.45, 7) is 4.60. The monoisotopic (exact) mass is 268 g/mol. The minimum absolute atomic E-state index is 0.129. The lowest BCUT2D eigenvalue weighted by Gasteiger charge is -2.17. The lowest BCUT2D eigenvalue weighted by atomic mass is 9.91. The molecule has 1 atom stereocenters. The highest BCUT2D eigenvalue weighted by Gasteiger charge is 2.18. The molecular formula is C15H21ClO2. The molecular weight excluding hydrogens is 248 g/mol. The van der Waals surface area contributed by atoms with Crippen LogP contribution in [0.2, 0.25) is 5.02 Å². The summed E-state index contributed by atoms with van der Waals surface area (Å²) in [6.07, 6.45) is 3.25. The summed E-state index contributed by atoms with van der Waals surface area (Å²) in [5, 5.41) is 0.735. The van der Waals surface area contributed by atoms with Gasteiger partial charge in [-0.05, 0) is 30.4 Å². The minimum atomic E-state index is -0.129. The van der Waals surface area contributed by atoms with Crippen LogP contribution in [0.5, 0.6) is 0 Å². The van der Waals surface area contributed by atoms with E-state index in [4.69, 9.17) is 16.3 Å². The molecule has 0 aromatic heterocycles. The van der Waals surface area contributed by atoms with Crippen molar-refractivity contribution in [1.82, 2.24) is 0 Å². The highest BCUT2D eigenvalue weighted by Crippen LogP contribution is 2.30. The molecule has 0 amide bonds. The Labute approximate surface area is 114 Å². The largest absolute Gasteiger partial charge is 0.466 e. The number of benzene rings is 1. The first-order valence-corrected chi connectivity index (χ1v) is 6.96. The van der Waals surface area contributed by atoms with Crippen molar-refractivity contribution in [1.29, 1.82) is 0 Å². The summed E-state index contributed by atoms with van der Waals surface area (Å²) >= 11 is 6.19. The molecule has 18 heavy (non-hydrogen) atoms. The zero-order chi connectivity index (χ0) is 13.4. The molecule has 1 aromatic carbocycles. The first-order chi connectivity index (χ1) is 8.69. The first kappa shape index (κ1) is 15.0. The van der Waals surface area contributed by atoms with E-state index >= 15 is 0 Å². The third-order valence-corrected chi connectivity index (χ3v) is 3.21. The SMILES string of the molecule is CCCOC(=O)CC(CCC)c1ccccc1Cl. The molecule has 2 nitrogen and oxygen atoms in total.